The van der Waals surface area contributed by atoms with Crippen molar-refractivity contribution in [1.29, 1.82) is 0 Å². The van der Waals surface area contributed by atoms with E-state index in [1.807, 2.05) is 0 Å². The monoisotopic (exact) mass is 272 g/mol. The highest BCUT2D eigenvalue weighted by Crippen LogP contribution is 2.46. The van der Waals surface area contributed by atoms with Crippen LogP contribution in [0.3, 0.4) is 0 Å². The van der Waals surface area contributed by atoms with E-state index in [0.29, 0.717) is 29.7 Å². The van der Waals surface area contributed by atoms with Crippen molar-refractivity contribution in [1.82, 2.24) is 0 Å². The number of rotatable bonds is 7. The molecule has 0 saturated heterocycles. The van der Waals surface area contributed by atoms with Crippen LogP contribution < -0.4 is 5.30 Å². The van der Waals surface area contributed by atoms with E-state index in [-0.39, 0.29) is 0 Å². The normalized spacial score (nSPS) is 11.5. The zero-order chi connectivity index (χ0) is 13.6. The van der Waals surface area contributed by atoms with Gasteiger partial charge in [0.2, 0.25) is 0 Å². The van der Waals surface area contributed by atoms with Crippen LogP contribution in [-0.4, -0.2) is 19.9 Å². The molecule has 0 radical (unpaired) electrons. The maximum absolute atomic E-state index is 12.4. The molecule has 0 N–H and O–H groups in total. The first-order valence-electron chi connectivity index (χ1n) is 5.81. The smallest absolute Gasteiger partial charge is 0.305 e. The quantitative estimate of drug-likeness (QED) is 0.712. The summed E-state index contributed by atoms with van der Waals surface area (Å²) in [7, 11) is -3.25. The molecule has 0 fully saturated rings. The number of allylic oxidation sites excluding steroid dienone is 1. The Hall–Kier alpha value is -0.960. The van der Waals surface area contributed by atoms with E-state index in [0.717, 1.165) is 0 Å². The van der Waals surface area contributed by atoms with E-state index < -0.39 is 14.3 Å². The minimum atomic E-state index is -3.25. The Morgan fingerprint density at radius 1 is 1.22 bits per heavy atom. The molecule has 0 amide bonds. The molecule has 0 aliphatic rings. The van der Waals surface area contributed by atoms with Gasteiger partial charge in [-0.3, -0.25) is 4.57 Å². The molecule has 0 aromatic heterocycles. The van der Waals surface area contributed by atoms with Crippen molar-refractivity contribution in [2.45, 2.75) is 13.8 Å². The maximum atomic E-state index is 12.4. The van der Waals surface area contributed by atoms with Crippen LogP contribution in [-0.2, 0) is 13.6 Å². The molecule has 0 bridgehead atoms. The lowest BCUT2D eigenvalue weighted by Gasteiger charge is -2.17. The van der Waals surface area contributed by atoms with Crippen molar-refractivity contribution in [3.8, 4) is 0 Å². The van der Waals surface area contributed by atoms with Crippen LogP contribution in [0.1, 0.15) is 19.4 Å². The number of hydrogen-bond acceptors (Lipinski definition) is 3. The van der Waals surface area contributed by atoms with Gasteiger partial charge in [-0.15, -0.1) is 0 Å². The third kappa shape index (κ3) is 3.52. The molecule has 1 aromatic carbocycles. The molecule has 0 heterocycles. The number of alkyl halides is 1. The number of benzene rings is 1. The minimum Gasteiger partial charge on any atom is -0.305 e. The van der Waals surface area contributed by atoms with Crippen molar-refractivity contribution < 1.29 is 18.0 Å². The molecular formula is C13H18FO3P. The second-order valence-corrected chi connectivity index (χ2v) is 5.64. The Morgan fingerprint density at radius 3 is 2.11 bits per heavy atom. The molecule has 1 aromatic rings. The summed E-state index contributed by atoms with van der Waals surface area (Å²) < 4.78 is 35.3. The zero-order valence-corrected chi connectivity index (χ0v) is 11.6. The van der Waals surface area contributed by atoms with Gasteiger partial charge in [0.05, 0.1) is 18.5 Å². The summed E-state index contributed by atoms with van der Waals surface area (Å²) in [6.07, 6.45) is 0. The summed E-state index contributed by atoms with van der Waals surface area (Å²) in [4.78, 5) is 0. The summed E-state index contributed by atoms with van der Waals surface area (Å²) in [6, 6.07) is 6.59. The van der Waals surface area contributed by atoms with E-state index in [4.69, 9.17) is 9.05 Å². The van der Waals surface area contributed by atoms with Crippen molar-refractivity contribution >= 4 is 18.5 Å². The van der Waals surface area contributed by atoms with Gasteiger partial charge in [0.15, 0.2) is 0 Å². The lowest BCUT2D eigenvalue weighted by Crippen LogP contribution is -2.10. The lowest BCUT2D eigenvalue weighted by molar-refractivity contribution is 0.230. The Morgan fingerprint density at radius 2 is 1.72 bits per heavy atom. The topological polar surface area (TPSA) is 35.5 Å². The summed E-state index contributed by atoms with van der Waals surface area (Å²) in [5.74, 6) is 0. The SMILES string of the molecule is C=C(CF)c1ccc(P(=O)(OCC)OCC)cc1. The highest BCUT2D eigenvalue weighted by Gasteiger charge is 2.26. The average molecular weight is 272 g/mol. The standard InChI is InChI=1S/C13H18FO3P/c1-4-16-18(15,17-5-2)13-8-6-12(7-9-13)11(3)10-14/h6-9H,3-5,10H2,1-2H3. The average Bonchev–Trinajstić information content (AvgIpc) is 2.38. The lowest BCUT2D eigenvalue weighted by atomic mass is 10.1. The highest BCUT2D eigenvalue weighted by atomic mass is 31.2. The third-order valence-electron chi connectivity index (χ3n) is 2.35. The number of halogens is 1. The molecule has 0 aliphatic carbocycles. The predicted molar refractivity (Wildman–Crippen MR) is 71.9 cm³/mol. The summed E-state index contributed by atoms with van der Waals surface area (Å²) in [6.45, 7) is 7.11. The second kappa shape index (κ2) is 6.83. The molecule has 0 saturated carbocycles. The van der Waals surface area contributed by atoms with Gasteiger partial charge in [-0.05, 0) is 37.1 Å². The summed E-state index contributed by atoms with van der Waals surface area (Å²) in [5.41, 5.74) is 1.07. The van der Waals surface area contributed by atoms with Gasteiger partial charge in [-0.25, -0.2) is 4.39 Å². The van der Waals surface area contributed by atoms with Crippen LogP contribution >= 0.6 is 7.60 Å². The van der Waals surface area contributed by atoms with Gasteiger partial charge >= 0.3 is 7.60 Å². The van der Waals surface area contributed by atoms with Crippen LogP contribution in [0.15, 0.2) is 30.8 Å². The highest BCUT2D eigenvalue weighted by molar-refractivity contribution is 7.62. The zero-order valence-electron chi connectivity index (χ0n) is 10.7. The molecule has 3 nitrogen and oxygen atoms in total. The van der Waals surface area contributed by atoms with Crippen LogP contribution in [0.25, 0.3) is 5.57 Å². The first-order valence-corrected chi connectivity index (χ1v) is 7.35. The molecule has 0 aliphatic heterocycles. The minimum absolute atomic E-state index is 0.302. The van der Waals surface area contributed by atoms with Crippen LogP contribution in [0.4, 0.5) is 4.39 Å². The molecule has 0 unspecified atom stereocenters. The van der Waals surface area contributed by atoms with Crippen LogP contribution in [0.2, 0.25) is 0 Å². The van der Waals surface area contributed by atoms with Gasteiger partial charge in [0.25, 0.3) is 0 Å². The van der Waals surface area contributed by atoms with E-state index in [1.165, 1.54) is 0 Å². The van der Waals surface area contributed by atoms with Gasteiger partial charge in [0.1, 0.15) is 6.67 Å². The Bertz CT molecular complexity index is 432. The van der Waals surface area contributed by atoms with Gasteiger partial charge < -0.3 is 9.05 Å². The first kappa shape index (κ1) is 15.1. The summed E-state index contributed by atoms with van der Waals surface area (Å²) >= 11 is 0. The molecule has 5 heteroatoms. The van der Waals surface area contributed by atoms with Crippen molar-refractivity contribution in [3.63, 3.8) is 0 Å². The largest absolute Gasteiger partial charge is 0.361 e. The fraction of sp³-hybridized carbons (Fsp3) is 0.385. The Kier molecular flexibility index (Phi) is 5.73. The molecule has 100 valence electrons. The second-order valence-electron chi connectivity index (χ2n) is 3.62. The van der Waals surface area contributed by atoms with Crippen molar-refractivity contribution in [2.24, 2.45) is 0 Å². The summed E-state index contributed by atoms with van der Waals surface area (Å²) in [5, 5.41) is 0.474. The van der Waals surface area contributed by atoms with Crippen LogP contribution in [0, 0.1) is 0 Å². The molecule has 0 atom stereocenters. The Balaban J connectivity index is 3.01. The molecule has 1 rings (SSSR count). The van der Waals surface area contributed by atoms with Crippen LogP contribution in [0.5, 0.6) is 0 Å². The fourth-order valence-electron chi connectivity index (χ4n) is 1.48. The third-order valence-corrected chi connectivity index (χ3v) is 4.48. The molecular weight excluding hydrogens is 254 g/mol. The molecule has 0 spiro atoms. The maximum Gasteiger partial charge on any atom is 0.361 e. The van der Waals surface area contributed by atoms with E-state index >= 15 is 0 Å². The van der Waals surface area contributed by atoms with E-state index in [1.54, 1.807) is 38.1 Å². The fourth-order valence-corrected chi connectivity index (χ4v) is 3.05. The predicted octanol–water partition coefficient (Wildman–Crippen LogP) is 3.56. The number of hydrogen-bond donors (Lipinski definition) is 0. The van der Waals surface area contributed by atoms with Gasteiger partial charge in [-0.1, -0.05) is 18.7 Å². The van der Waals surface area contributed by atoms with E-state index in [9.17, 15) is 8.96 Å². The van der Waals surface area contributed by atoms with Crippen molar-refractivity contribution in [2.75, 3.05) is 19.9 Å². The Labute approximate surface area is 107 Å². The first-order chi connectivity index (χ1) is 8.57. The molecule has 18 heavy (non-hydrogen) atoms. The van der Waals surface area contributed by atoms with Gasteiger partial charge in [0, 0.05) is 0 Å². The van der Waals surface area contributed by atoms with Crippen molar-refractivity contribution in [3.05, 3.63) is 36.4 Å². The van der Waals surface area contributed by atoms with Gasteiger partial charge in [-0.2, -0.15) is 0 Å². The van der Waals surface area contributed by atoms with E-state index in [2.05, 4.69) is 6.58 Å².